The zero-order valence-electron chi connectivity index (χ0n) is 17.6. The summed E-state index contributed by atoms with van der Waals surface area (Å²) in [4.78, 5) is 16.7. The predicted octanol–water partition coefficient (Wildman–Crippen LogP) is 2.13. The highest BCUT2D eigenvalue weighted by Gasteiger charge is 2.33. The molecule has 2 aliphatic heterocycles. The van der Waals surface area contributed by atoms with Gasteiger partial charge in [0.05, 0.1) is 25.0 Å². The number of hydrogen-bond acceptors (Lipinski definition) is 7. The zero-order valence-corrected chi connectivity index (χ0v) is 17.6. The van der Waals surface area contributed by atoms with Crippen molar-refractivity contribution in [1.82, 2.24) is 30.0 Å². The van der Waals surface area contributed by atoms with Crippen LogP contribution in [-0.2, 0) is 11.3 Å². The van der Waals surface area contributed by atoms with E-state index in [0.29, 0.717) is 44.3 Å². The van der Waals surface area contributed by atoms with Gasteiger partial charge in [0.1, 0.15) is 5.82 Å². The maximum atomic E-state index is 13.6. The summed E-state index contributed by atoms with van der Waals surface area (Å²) in [6.45, 7) is 3.68. The largest absolute Gasteiger partial charge is 0.459 e. The lowest BCUT2D eigenvalue weighted by Crippen LogP contribution is -2.50. The molecule has 0 spiro atoms. The highest BCUT2D eigenvalue weighted by Crippen LogP contribution is 2.29. The number of benzene rings is 1. The molecule has 2 atom stereocenters. The zero-order chi connectivity index (χ0) is 21.9. The number of aromatic nitrogens is 4. The minimum Gasteiger partial charge on any atom is -0.459 e. The topological polar surface area (TPSA) is 89.5 Å². The molecule has 32 heavy (non-hydrogen) atoms. The third-order valence-electron chi connectivity index (χ3n) is 6.09. The van der Waals surface area contributed by atoms with Crippen LogP contribution in [0.3, 0.4) is 0 Å². The van der Waals surface area contributed by atoms with Crippen molar-refractivity contribution >= 4 is 5.91 Å². The molecule has 0 saturated carbocycles. The van der Waals surface area contributed by atoms with Crippen LogP contribution in [0.15, 0.2) is 47.1 Å². The molecule has 9 nitrogen and oxygen atoms in total. The van der Waals surface area contributed by atoms with Gasteiger partial charge < -0.3 is 14.1 Å². The van der Waals surface area contributed by atoms with Gasteiger partial charge in [-0.15, -0.1) is 5.10 Å². The van der Waals surface area contributed by atoms with Gasteiger partial charge in [-0.1, -0.05) is 12.1 Å². The first-order valence-electron chi connectivity index (χ1n) is 10.9. The Bertz CT molecular complexity index is 1020. The van der Waals surface area contributed by atoms with Gasteiger partial charge in [-0.25, -0.2) is 9.07 Å². The van der Waals surface area contributed by atoms with Gasteiger partial charge in [0.2, 0.25) is 0 Å². The van der Waals surface area contributed by atoms with Crippen LogP contribution in [0.2, 0.25) is 0 Å². The molecule has 5 rings (SSSR count). The summed E-state index contributed by atoms with van der Waals surface area (Å²) in [5, 5.41) is 12.5. The van der Waals surface area contributed by atoms with Crippen LogP contribution in [0, 0.1) is 5.82 Å². The molecule has 0 bridgehead atoms. The van der Waals surface area contributed by atoms with Crippen LogP contribution in [-0.4, -0.2) is 74.8 Å². The fraction of sp³-hybridized carbons (Fsp3) is 0.455. The molecule has 1 aromatic carbocycles. The molecule has 0 aliphatic carbocycles. The van der Waals surface area contributed by atoms with E-state index in [4.69, 9.17) is 9.15 Å². The van der Waals surface area contributed by atoms with Crippen molar-refractivity contribution in [2.24, 2.45) is 0 Å². The summed E-state index contributed by atoms with van der Waals surface area (Å²) in [6, 6.07) is 9.57. The van der Waals surface area contributed by atoms with Crippen LogP contribution >= 0.6 is 0 Å². The summed E-state index contributed by atoms with van der Waals surface area (Å²) in [6.07, 6.45) is 3.61. The van der Waals surface area contributed by atoms with Crippen molar-refractivity contribution in [3.8, 4) is 0 Å². The van der Waals surface area contributed by atoms with Gasteiger partial charge in [-0.05, 0) is 53.1 Å². The van der Waals surface area contributed by atoms with Crippen LogP contribution in [0.5, 0.6) is 0 Å². The van der Waals surface area contributed by atoms with E-state index in [2.05, 4.69) is 20.4 Å². The Kier molecular flexibility index (Phi) is 5.95. The molecule has 2 aromatic heterocycles. The van der Waals surface area contributed by atoms with Crippen molar-refractivity contribution < 1.29 is 18.3 Å². The summed E-state index contributed by atoms with van der Waals surface area (Å²) in [7, 11) is 0. The van der Waals surface area contributed by atoms with Crippen molar-refractivity contribution in [3.63, 3.8) is 0 Å². The number of rotatable bonds is 6. The van der Waals surface area contributed by atoms with Crippen molar-refractivity contribution in [3.05, 3.63) is 65.6 Å². The SMILES string of the molecule is O=C(c1ccco1)N1CCN([C@H](c2ccc(F)cc2)c2nnnn2C[C@@H]2CCCO2)CC1. The summed E-state index contributed by atoms with van der Waals surface area (Å²) >= 11 is 0. The number of ether oxygens (including phenoxy) is 1. The van der Waals surface area contributed by atoms with Gasteiger partial charge >= 0.3 is 0 Å². The highest BCUT2D eigenvalue weighted by atomic mass is 19.1. The maximum absolute atomic E-state index is 13.6. The second-order valence-electron chi connectivity index (χ2n) is 8.11. The number of piperazine rings is 1. The average molecular weight is 440 g/mol. The van der Waals surface area contributed by atoms with Gasteiger partial charge in [0.25, 0.3) is 5.91 Å². The van der Waals surface area contributed by atoms with E-state index in [1.165, 1.54) is 18.4 Å². The van der Waals surface area contributed by atoms with E-state index in [9.17, 15) is 9.18 Å². The van der Waals surface area contributed by atoms with E-state index in [-0.39, 0.29) is 23.9 Å². The normalized spacial score (nSPS) is 20.5. The Morgan fingerprint density at radius 2 is 1.97 bits per heavy atom. The van der Waals surface area contributed by atoms with Gasteiger partial charge in [-0.3, -0.25) is 9.69 Å². The number of nitrogens with zero attached hydrogens (tertiary/aromatic N) is 6. The standard InChI is InChI=1S/C22H25FN6O3/c23-17-7-5-16(6-8-17)20(21-24-25-26-29(21)15-18-3-1-13-31-18)27-9-11-28(12-10-27)22(30)19-4-2-14-32-19/h2,4-8,14,18,20H,1,3,9-13,15H2/t18-,20+/m0/s1. The molecule has 4 heterocycles. The van der Waals surface area contributed by atoms with E-state index < -0.39 is 0 Å². The number of furan rings is 1. The fourth-order valence-corrected chi connectivity index (χ4v) is 4.43. The van der Waals surface area contributed by atoms with E-state index in [1.54, 1.807) is 33.8 Å². The molecule has 10 heteroatoms. The Morgan fingerprint density at radius 3 is 2.66 bits per heavy atom. The molecule has 2 fully saturated rings. The lowest BCUT2D eigenvalue weighted by molar-refractivity contribution is 0.0551. The molecule has 0 radical (unpaired) electrons. The minimum absolute atomic E-state index is 0.0916. The second kappa shape index (κ2) is 9.17. The molecule has 0 unspecified atom stereocenters. The molecular formula is C22H25FN6O3. The quantitative estimate of drug-likeness (QED) is 0.580. The molecule has 3 aromatic rings. The number of halogens is 1. The smallest absolute Gasteiger partial charge is 0.289 e. The third-order valence-corrected chi connectivity index (χ3v) is 6.09. The van der Waals surface area contributed by atoms with Crippen molar-refractivity contribution in [2.45, 2.75) is 31.5 Å². The highest BCUT2D eigenvalue weighted by molar-refractivity contribution is 5.91. The van der Waals surface area contributed by atoms with E-state index in [1.807, 2.05) is 0 Å². The van der Waals surface area contributed by atoms with Gasteiger partial charge in [0, 0.05) is 32.8 Å². The lowest BCUT2D eigenvalue weighted by Gasteiger charge is -2.38. The first-order valence-corrected chi connectivity index (χ1v) is 10.9. The van der Waals surface area contributed by atoms with E-state index in [0.717, 1.165) is 25.0 Å². The van der Waals surface area contributed by atoms with Crippen LogP contribution < -0.4 is 0 Å². The predicted molar refractivity (Wildman–Crippen MR) is 111 cm³/mol. The Balaban J connectivity index is 1.38. The molecule has 168 valence electrons. The monoisotopic (exact) mass is 440 g/mol. The van der Waals surface area contributed by atoms with Crippen molar-refractivity contribution in [2.75, 3.05) is 32.8 Å². The Morgan fingerprint density at radius 1 is 1.16 bits per heavy atom. The number of carbonyl (C=O) groups is 1. The molecule has 0 N–H and O–H groups in total. The van der Waals surface area contributed by atoms with Crippen molar-refractivity contribution in [1.29, 1.82) is 0 Å². The summed E-state index contributed by atoms with van der Waals surface area (Å²) in [5.74, 6) is 0.628. The molecule has 2 saturated heterocycles. The Labute approximate surface area is 184 Å². The molecular weight excluding hydrogens is 415 g/mol. The van der Waals surface area contributed by atoms with Gasteiger partial charge in [0.15, 0.2) is 11.6 Å². The second-order valence-corrected chi connectivity index (χ2v) is 8.11. The number of amides is 1. The van der Waals surface area contributed by atoms with Gasteiger partial charge in [-0.2, -0.15) is 0 Å². The third kappa shape index (κ3) is 4.28. The number of carbonyl (C=O) groups excluding carboxylic acids is 1. The number of tetrazole rings is 1. The first-order chi connectivity index (χ1) is 15.7. The summed E-state index contributed by atoms with van der Waals surface area (Å²) < 4.78 is 26.5. The van der Waals surface area contributed by atoms with Crippen LogP contribution in [0.4, 0.5) is 4.39 Å². The van der Waals surface area contributed by atoms with Crippen LogP contribution in [0.1, 0.15) is 40.8 Å². The van der Waals surface area contributed by atoms with E-state index >= 15 is 0 Å². The molecule has 2 aliphatic rings. The first kappa shape index (κ1) is 20.8. The lowest BCUT2D eigenvalue weighted by atomic mass is 10.0. The summed E-state index contributed by atoms with van der Waals surface area (Å²) in [5.41, 5.74) is 0.903. The number of hydrogen-bond donors (Lipinski definition) is 0. The average Bonchev–Trinajstić information content (AvgIpc) is 3.60. The fourth-order valence-electron chi connectivity index (χ4n) is 4.43. The van der Waals surface area contributed by atoms with Crippen LogP contribution in [0.25, 0.3) is 0 Å². The maximum Gasteiger partial charge on any atom is 0.289 e. The Hall–Kier alpha value is -3.11. The minimum atomic E-state index is -0.291. The molecule has 1 amide bonds.